The summed E-state index contributed by atoms with van der Waals surface area (Å²) in [7, 11) is -2.30. The van der Waals surface area contributed by atoms with Crippen LogP contribution in [0.5, 0.6) is 11.5 Å². The van der Waals surface area contributed by atoms with Crippen LogP contribution < -0.4 is 14.3 Å². The number of sulfonamides is 1. The summed E-state index contributed by atoms with van der Waals surface area (Å²) in [6.45, 7) is 2.25. The third-order valence-electron chi connectivity index (χ3n) is 3.05. The van der Waals surface area contributed by atoms with Gasteiger partial charge in [0.1, 0.15) is 0 Å². The molecule has 0 aliphatic carbocycles. The summed E-state index contributed by atoms with van der Waals surface area (Å²) in [6, 6.07) is 8.97. The zero-order chi connectivity index (χ0) is 18.4. The monoisotopic (exact) mass is 402 g/mol. The van der Waals surface area contributed by atoms with Gasteiger partial charge in [-0.3, -0.25) is 0 Å². The van der Waals surface area contributed by atoms with Crippen molar-refractivity contribution in [3.63, 3.8) is 0 Å². The van der Waals surface area contributed by atoms with Crippen molar-refractivity contribution in [2.75, 3.05) is 13.7 Å². The molecule has 2 aromatic rings. The van der Waals surface area contributed by atoms with Crippen LogP contribution >= 0.6 is 23.2 Å². The van der Waals surface area contributed by atoms with Crippen LogP contribution in [0.25, 0.3) is 0 Å². The molecule has 0 heterocycles. The Hall–Kier alpha value is -1.96. The van der Waals surface area contributed by atoms with E-state index in [-0.39, 0.29) is 4.90 Å². The van der Waals surface area contributed by atoms with Gasteiger partial charge >= 0.3 is 0 Å². The van der Waals surface area contributed by atoms with Crippen molar-refractivity contribution < 1.29 is 17.9 Å². The maximum atomic E-state index is 12.1. The lowest BCUT2D eigenvalue weighted by atomic mass is 10.2. The molecule has 0 bridgehead atoms. The Balaban J connectivity index is 2.20. The predicted molar refractivity (Wildman–Crippen MR) is 98.5 cm³/mol. The van der Waals surface area contributed by atoms with Gasteiger partial charge in [-0.05, 0) is 48.9 Å². The molecular formula is C16H16Cl2N2O4S. The number of nitrogens with zero attached hydrogens (tertiary/aromatic N) is 1. The van der Waals surface area contributed by atoms with Crippen LogP contribution in [-0.2, 0) is 10.0 Å². The van der Waals surface area contributed by atoms with E-state index >= 15 is 0 Å². The summed E-state index contributed by atoms with van der Waals surface area (Å²) >= 11 is 11.9. The quantitative estimate of drug-likeness (QED) is 0.565. The molecule has 0 aliphatic heterocycles. The van der Waals surface area contributed by atoms with Gasteiger partial charge in [0.05, 0.1) is 29.8 Å². The molecule has 0 saturated heterocycles. The van der Waals surface area contributed by atoms with Crippen LogP contribution in [0.3, 0.4) is 0 Å². The molecule has 25 heavy (non-hydrogen) atoms. The number of halogens is 2. The second-order valence-corrected chi connectivity index (χ2v) is 7.28. The highest BCUT2D eigenvalue weighted by molar-refractivity contribution is 7.89. The number of hydrazone groups is 1. The molecule has 9 heteroatoms. The summed E-state index contributed by atoms with van der Waals surface area (Å²) in [5.41, 5.74) is 0.549. The van der Waals surface area contributed by atoms with Gasteiger partial charge in [-0.1, -0.05) is 23.2 Å². The minimum Gasteiger partial charge on any atom is -0.491 e. The Morgan fingerprint density at radius 2 is 1.88 bits per heavy atom. The fourth-order valence-corrected chi connectivity index (χ4v) is 3.17. The minimum absolute atomic E-state index is 0.0526. The first-order valence-corrected chi connectivity index (χ1v) is 9.42. The van der Waals surface area contributed by atoms with Crippen LogP contribution in [-0.4, -0.2) is 28.3 Å². The summed E-state index contributed by atoms with van der Waals surface area (Å²) in [6.07, 6.45) is 1.32. The van der Waals surface area contributed by atoms with E-state index in [1.165, 1.54) is 37.6 Å². The SMILES string of the molecule is CCOc1cc(/C=N/NS(=O)(=O)c2ccc(Cl)cc2)cc(Cl)c1OC. The van der Waals surface area contributed by atoms with Gasteiger partial charge in [0.25, 0.3) is 10.0 Å². The second kappa shape index (κ2) is 8.42. The van der Waals surface area contributed by atoms with Crippen LogP contribution in [0.1, 0.15) is 12.5 Å². The molecule has 134 valence electrons. The fourth-order valence-electron chi connectivity index (χ4n) is 1.96. The van der Waals surface area contributed by atoms with Gasteiger partial charge in [-0.2, -0.15) is 13.5 Å². The molecule has 0 aliphatic rings. The highest BCUT2D eigenvalue weighted by Gasteiger charge is 2.13. The standard InChI is InChI=1S/C16H16Cl2N2O4S/c1-3-24-15-9-11(8-14(18)16(15)23-2)10-19-20-25(21,22)13-6-4-12(17)5-7-13/h4-10,20H,3H2,1-2H3/b19-10+. The van der Waals surface area contributed by atoms with Crippen molar-refractivity contribution in [2.24, 2.45) is 5.10 Å². The first-order chi connectivity index (χ1) is 11.9. The molecule has 0 atom stereocenters. The summed E-state index contributed by atoms with van der Waals surface area (Å²) in [5.74, 6) is 0.849. The lowest BCUT2D eigenvalue weighted by Crippen LogP contribution is -2.18. The van der Waals surface area contributed by atoms with Crippen LogP contribution in [0, 0.1) is 0 Å². The summed E-state index contributed by atoms with van der Waals surface area (Å²) in [4.78, 5) is 2.18. The molecule has 0 amide bonds. The van der Waals surface area contributed by atoms with Gasteiger partial charge in [0.15, 0.2) is 11.5 Å². The molecule has 0 radical (unpaired) electrons. The van der Waals surface area contributed by atoms with Crippen LogP contribution in [0.4, 0.5) is 0 Å². The number of methoxy groups -OCH3 is 1. The Kier molecular flexibility index (Phi) is 6.52. The van der Waals surface area contributed by atoms with E-state index in [0.29, 0.717) is 33.7 Å². The zero-order valence-electron chi connectivity index (χ0n) is 13.5. The van der Waals surface area contributed by atoms with Crippen molar-refractivity contribution in [1.29, 1.82) is 0 Å². The van der Waals surface area contributed by atoms with Gasteiger partial charge in [-0.15, -0.1) is 0 Å². The van der Waals surface area contributed by atoms with Crippen molar-refractivity contribution in [1.82, 2.24) is 4.83 Å². The molecule has 1 N–H and O–H groups in total. The molecule has 0 aromatic heterocycles. The number of nitrogens with one attached hydrogen (secondary N) is 1. The number of ether oxygens (including phenoxy) is 2. The molecule has 0 unspecified atom stereocenters. The molecular weight excluding hydrogens is 387 g/mol. The molecule has 2 rings (SSSR count). The average molecular weight is 403 g/mol. The topological polar surface area (TPSA) is 77.0 Å². The Morgan fingerprint density at radius 1 is 1.20 bits per heavy atom. The Labute approximate surface area is 156 Å². The number of benzene rings is 2. The third-order valence-corrected chi connectivity index (χ3v) is 4.82. The smallest absolute Gasteiger partial charge is 0.276 e. The first-order valence-electron chi connectivity index (χ1n) is 7.18. The summed E-state index contributed by atoms with van der Waals surface area (Å²) in [5, 5.41) is 4.53. The maximum absolute atomic E-state index is 12.1. The van der Waals surface area contributed by atoms with E-state index in [1.54, 1.807) is 12.1 Å². The fraction of sp³-hybridized carbons (Fsp3) is 0.188. The Bertz CT molecular complexity index is 868. The normalized spacial score (nSPS) is 11.5. The predicted octanol–water partition coefficient (Wildman–Crippen LogP) is 3.71. The highest BCUT2D eigenvalue weighted by atomic mass is 35.5. The number of hydrogen-bond acceptors (Lipinski definition) is 5. The van der Waals surface area contributed by atoms with E-state index in [2.05, 4.69) is 9.93 Å². The molecule has 0 spiro atoms. The highest BCUT2D eigenvalue weighted by Crippen LogP contribution is 2.35. The van der Waals surface area contributed by atoms with Crippen LogP contribution in [0.2, 0.25) is 10.0 Å². The van der Waals surface area contributed by atoms with Crippen molar-refractivity contribution >= 4 is 39.4 Å². The summed E-state index contributed by atoms with van der Waals surface area (Å²) < 4.78 is 34.9. The van der Waals surface area contributed by atoms with Gasteiger partial charge in [-0.25, -0.2) is 4.83 Å². The van der Waals surface area contributed by atoms with E-state index in [0.717, 1.165) is 0 Å². The van der Waals surface area contributed by atoms with E-state index in [4.69, 9.17) is 32.7 Å². The van der Waals surface area contributed by atoms with E-state index in [9.17, 15) is 8.42 Å². The van der Waals surface area contributed by atoms with Crippen LogP contribution in [0.15, 0.2) is 46.4 Å². The first kappa shape index (κ1) is 19.4. The van der Waals surface area contributed by atoms with Crippen molar-refractivity contribution in [3.05, 3.63) is 52.0 Å². The second-order valence-electron chi connectivity index (χ2n) is 4.77. The Morgan fingerprint density at radius 3 is 2.48 bits per heavy atom. The maximum Gasteiger partial charge on any atom is 0.276 e. The zero-order valence-corrected chi connectivity index (χ0v) is 15.8. The third kappa shape index (κ3) is 5.01. The molecule has 0 saturated carbocycles. The number of rotatable bonds is 7. The average Bonchev–Trinajstić information content (AvgIpc) is 2.55. The van der Waals surface area contributed by atoms with Gasteiger partial charge in [0, 0.05) is 5.02 Å². The van der Waals surface area contributed by atoms with E-state index in [1.807, 2.05) is 6.92 Å². The molecule has 2 aromatic carbocycles. The minimum atomic E-state index is -3.79. The van der Waals surface area contributed by atoms with Crippen molar-refractivity contribution in [2.45, 2.75) is 11.8 Å². The lowest BCUT2D eigenvalue weighted by Gasteiger charge is -2.11. The van der Waals surface area contributed by atoms with Gasteiger partial charge in [0.2, 0.25) is 0 Å². The number of hydrogen-bond donors (Lipinski definition) is 1. The molecule has 6 nitrogen and oxygen atoms in total. The van der Waals surface area contributed by atoms with Crippen molar-refractivity contribution in [3.8, 4) is 11.5 Å². The van der Waals surface area contributed by atoms with Gasteiger partial charge < -0.3 is 9.47 Å². The van der Waals surface area contributed by atoms with E-state index < -0.39 is 10.0 Å². The molecule has 0 fully saturated rings. The largest absolute Gasteiger partial charge is 0.491 e. The lowest BCUT2D eigenvalue weighted by molar-refractivity contribution is 0.311.